The Morgan fingerprint density at radius 3 is 2.66 bits per heavy atom. The number of nitrogens with two attached hydrogens (primary N) is 1. The molecule has 6 N–H and O–H groups in total. The second kappa shape index (κ2) is 8.71. The Hall–Kier alpha value is -3.25. The molecule has 2 amide bonds. The first-order chi connectivity index (χ1) is 14.9. The van der Waals surface area contributed by atoms with Crippen LogP contribution in [0.4, 0.5) is 5.13 Å². The first-order valence-electron chi connectivity index (χ1n) is 8.62. The van der Waals surface area contributed by atoms with Crippen molar-refractivity contribution >= 4 is 56.3 Å². The topological polar surface area (TPSA) is 234 Å². The smallest absolute Gasteiger partial charge is 0.362 e. The summed E-state index contributed by atoms with van der Waals surface area (Å²) in [5.74, 6) is -2.87. The van der Waals surface area contributed by atoms with Gasteiger partial charge in [-0.05, 0) is 6.92 Å². The van der Waals surface area contributed by atoms with Gasteiger partial charge < -0.3 is 26.1 Å². The normalized spacial score (nSPS) is 24.6. The van der Waals surface area contributed by atoms with E-state index in [0.29, 0.717) is 0 Å². The van der Waals surface area contributed by atoms with Crippen molar-refractivity contribution < 1.29 is 42.4 Å². The third kappa shape index (κ3) is 4.65. The van der Waals surface area contributed by atoms with Gasteiger partial charge in [0.25, 0.3) is 18.1 Å². The van der Waals surface area contributed by atoms with Gasteiger partial charge in [-0.25, -0.2) is 9.29 Å². The minimum atomic E-state index is -4.79. The number of hydrogen-bond donors (Lipinski definition) is 5. The number of aliphatic imine (C=N–C) groups is 1. The van der Waals surface area contributed by atoms with Gasteiger partial charge in [-0.15, -0.1) is 11.3 Å². The Kier molecular flexibility index (Phi) is 6.37. The summed E-state index contributed by atoms with van der Waals surface area (Å²) in [6.07, 6.45) is -1.67. The number of rotatable bonds is 7. The first kappa shape index (κ1) is 23.4. The number of aliphatic hydroxyl groups excluding tert-OH is 2. The van der Waals surface area contributed by atoms with Crippen LogP contribution < -0.4 is 11.1 Å². The molecular weight excluding hydrogens is 472 g/mol. The summed E-state index contributed by atoms with van der Waals surface area (Å²) in [4.78, 5) is 48.5. The van der Waals surface area contributed by atoms with E-state index in [1.165, 1.54) is 12.3 Å². The van der Waals surface area contributed by atoms with Gasteiger partial charge in [0.15, 0.2) is 22.7 Å². The lowest BCUT2D eigenvalue weighted by atomic mass is 10.0. The van der Waals surface area contributed by atoms with Gasteiger partial charge in [0.2, 0.25) is 0 Å². The highest BCUT2D eigenvalue weighted by atomic mass is 32.2. The molecule has 1 aromatic heterocycles. The number of amides is 2. The molecule has 17 heteroatoms. The fourth-order valence-electron chi connectivity index (χ4n) is 2.70. The Morgan fingerprint density at radius 2 is 2.12 bits per heavy atom. The van der Waals surface area contributed by atoms with Crippen LogP contribution >= 0.6 is 11.3 Å². The van der Waals surface area contributed by atoms with E-state index in [1.807, 2.05) is 0 Å². The molecule has 1 saturated heterocycles. The molecule has 0 saturated carbocycles. The van der Waals surface area contributed by atoms with Crippen LogP contribution in [0.3, 0.4) is 0 Å². The molecule has 3 rings (SSSR count). The minimum Gasteiger partial charge on any atom is -0.379 e. The van der Waals surface area contributed by atoms with Crippen molar-refractivity contribution in [3.63, 3.8) is 0 Å². The lowest BCUT2D eigenvalue weighted by Gasteiger charge is -2.42. The SMILES string of the molecule is C[C@H]1[C@H](NC(=O)/C(=N\OC(O)C2=CC(=O)C(O)C=N2)c2csc(N)n2)C(=O)N1S(=O)(=O)O. The Balaban J connectivity index is 1.79. The highest BCUT2D eigenvalue weighted by molar-refractivity contribution is 7.84. The molecule has 32 heavy (non-hydrogen) atoms. The minimum absolute atomic E-state index is 0.0610. The predicted molar refractivity (Wildman–Crippen MR) is 108 cm³/mol. The van der Waals surface area contributed by atoms with Gasteiger partial charge in [0.05, 0.1) is 6.04 Å². The molecule has 0 aromatic carbocycles. The molecule has 0 bridgehead atoms. The number of ketones is 1. The fraction of sp³-hybridized carbons (Fsp3) is 0.333. The summed E-state index contributed by atoms with van der Waals surface area (Å²) in [7, 11) is -4.79. The van der Waals surface area contributed by atoms with Crippen molar-refractivity contribution in [3.05, 3.63) is 22.8 Å². The molecule has 2 unspecified atom stereocenters. The maximum atomic E-state index is 12.7. The standard InChI is InChI=1S/C15H16N6O9S2/c1-5-10(13(25)21(5)32(27,28)29)19-12(24)11(7-4-31-15(16)18-7)20-30-14(26)6-2-8(22)9(23)3-17-6/h2-5,9-10,14,23,26H,1H3,(H2,16,18)(H,19,24)(H,27,28,29)/b20-11-/t5-,9?,10-,14?/m0/s1. The number of carbonyl (C=O) groups excluding carboxylic acids is 3. The zero-order valence-electron chi connectivity index (χ0n) is 16.0. The molecule has 0 radical (unpaired) electrons. The number of aliphatic hydroxyl groups is 2. The van der Waals surface area contributed by atoms with Crippen molar-refractivity contribution in [2.45, 2.75) is 31.4 Å². The quantitative estimate of drug-likeness (QED) is 0.0863. The van der Waals surface area contributed by atoms with Crippen LogP contribution in [-0.2, 0) is 29.5 Å². The number of thiazole rings is 1. The first-order valence-corrected chi connectivity index (χ1v) is 10.9. The lowest BCUT2D eigenvalue weighted by molar-refractivity contribution is -0.144. The molecule has 0 spiro atoms. The number of hydrogen-bond acceptors (Lipinski definition) is 13. The van der Waals surface area contributed by atoms with E-state index in [4.69, 9.17) is 15.1 Å². The van der Waals surface area contributed by atoms with Gasteiger partial charge >= 0.3 is 10.3 Å². The summed E-state index contributed by atoms with van der Waals surface area (Å²) in [6, 6.07) is -2.39. The summed E-state index contributed by atoms with van der Waals surface area (Å²) >= 11 is 0.949. The largest absolute Gasteiger partial charge is 0.379 e. The maximum Gasteiger partial charge on any atom is 0.362 e. The third-order valence-electron chi connectivity index (χ3n) is 4.29. The highest BCUT2D eigenvalue weighted by Crippen LogP contribution is 2.23. The zero-order chi connectivity index (χ0) is 23.8. The third-order valence-corrected chi connectivity index (χ3v) is 5.98. The number of oxime groups is 1. The van der Waals surface area contributed by atoms with E-state index < -0.39 is 58.1 Å². The van der Waals surface area contributed by atoms with E-state index in [1.54, 1.807) is 0 Å². The Labute approximate surface area is 183 Å². The number of anilines is 1. The maximum absolute atomic E-state index is 12.7. The van der Waals surface area contributed by atoms with Gasteiger partial charge in [-0.3, -0.25) is 23.9 Å². The van der Waals surface area contributed by atoms with E-state index >= 15 is 0 Å². The van der Waals surface area contributed by atoms with Crippen molar-refractivity contribution in [2.24, 2.45) is 10.1 Å². The molecule has 1 fully saturated rings. The van der Waals surface area contributed by atoms with Gasteiger partial charge in [-0.1, -0.05) is 5.16 Å². The second-order valence-corrected chi connectivity index (χ2v) is 8.65. The summed E-state index contributed by atoms with van der Waals surface area (Å²) in [5, 5.41) is 26.5. The Morgan fingerprint density at radius 1 is 1.44 bits per heavy atom. The summed E-state index contributed by atoms with van der Waals surface area (Å²) in [6.45, 7) is 1.27. The predicted octanol–water partition coefficient (Wildman–Crippen LogP) is -2.82. The van der Waals surface area contributed by atoms with E-state index in [-0.39, 0.29) is 20.8 Å². The van der Waals surface area contributed by atoms with Crippen molar-refractivity contribution in [2.75, 3.05) is 5.73 Å². The summed E-state index contributed by atoms with van der Waals surface area (Å²) < 4.78 is 31.6. The van der Waals surface area contributed by atoms with Gasteiger partial charge in [0.1, 0.15) is 17.4 Å². The number of nitrogen functional groups attached to an aromatic ring is 1. The van der Waals surface area contributed by atoms with Crippen molar-refractivity contribution in [1.29, 1.82) is 0 Å². The average Bonchev–Trinajstić information content (AvgIpc) is 3.13. The van der Waals surface area contributed by atoms with Crippen molar-refractivity contribution in [1.82, 2.24) is 14.6 Å². The number of aromatic nitrogens is 1. The van der Waals surface area contributed by atoms with Crippen LogP contribution in [0.1, 0.15) is 12.6 Å². The van der Waals surface area contributed by atoms with Crippen LogP contribution in [0.2, 0.25) is 0 Å². The second-order valence-electron chi connectivity index (χ2n) is 6.47. The molecule has 3 heterocycles. The molecule has 1 aromatic rings. The molecule has 2 aliphatic heterocycles. The van der Waals surface area contributed by atoms with Crippen LogP contribution in [0.5, 0.6) is 0 Å². The number of β-lactam (4-membered cyclic amide) rings is 1. The van der Waals surface area contributed by atoms with Crippen LogP contribution in [0.25, 0.3) is 0 Å². The van der Waals surface area contributed by atoms with Crippen LogP contribution in [0, 0.1) is 0 Å². The van der Waals surface area contributed by atoms with Crippen molar-refractivity contribution in [3.8, 4) is 0 Å². The summed E-state index contributed by atoms with van der Waals surface area (Å²) in [5.41, 5.74) is 4.63. The average molecular weight is 488 g/mol. The number of carbonyl (C=O) groups is 3. The number of nitrogens with one attached hydrogen (secondary N) is 1. The molecule has 172 valence electrons. The van der Waals surface area contributed by atoms with E-state index in [9.17, 15) is 33.0 Å². The number of nitrogens with zero attached hydrogens (tertiary/aromatic N) is 4. The van der Waals surface area contributed by atoms with E-state index in [2.05, 4.69) is 20.4 Å². The molecule has 2 aliphatic rings. The fourth-order valence-corrected chi connectivity index (χ4v) is 4.13. The molecule has 4 atom stereocenters. The van der Waals surface area contributed by atoms with E-state index in [0.717, 1.165) is 23.6 Å². The molecule has 0 aliphatic carbocycles. The highest BCUT2D eigenvalue weighted by Gasteiger charge is 2.51. The van der Waals surface area contributed by atoms with Crippen LogP contribution in [-0.4, -0.2) is 86.5 Å². The zero-order valence-corrected chi connectivity index (χ0v) is 17.6. The molecule has 15 nitrogen and oxygen atoms in total. The van der Waals surface area contributed by atoms with Crippen LogP contribution in [0.15, 0.2) is 27.3 Å². The monoisotopic (exact) mass is 488 g/mol. The molecular formula is C15H16N6O9S2. The van der Waals surface area contributed by atoms with Gasteiger partial charge in [-0.2, -0.15) is 8.42 Å². The lowest BCUT2D eigenvalue weighted by Crippen LogP contribution is -2.71. The van der Waals surface area contributed by atoms with Gasteiger partial charge in [0, 0.05) is 17.7 Å². The Bertz CT molecular complexity index is 1160.